The highest BCUT2D eigenvalue weighted by molar-refractivity contribution is 5.68. The molecule has 1 N–H and O–H groups in total. The number of carboxylic acids is 1. The molecular formula is C13H18N2O3. The van der Waals surface area contributed by atoms with Crippen molar-refractivity contribution in [1.82, 2.24) is 9.88 Å². The Morgan fingerprint density at radius 2 is 2.39 bits per heavy atom. The van der Waals surface area contributed by atoms with Crippen molar-refractivity contribution < 1.29 is 14.6 Å². The first-order valence-corrected chi connectivity index (χ1v) is 6.04. The Kier molecular flexibility index (Phi) is 3.93. The molecule has 0 bridgehead atoms. The maximum Gasteiger partial charge on any atom is 0.329 e. The summed E-state index contributed by atoms with van der Waals surface area (Å²) in [6, 6.07) is 4.00. The first-order chi connectivity index (χ1) is 8.57. The van der Waals surface area contributed by atoms with Crippen molar-refractivity contribution in [1.29, 1.82) is 0 Å². The Bertz CT molecular complexity index is 402. The van der Waals surface area contributed by atoms with Gasteiger partial charge in [-0.05, 0) is 25.0 Å². The number of pyridine rings is 1. The summed E-state index contributed by atoms with van der Waals surface area (Å²) in [5.41, 5.74) is 0.922. The number of hydrogen-bond acceptors (Lipinski definition) is 4. The minimum absolute atomic E-state index is 0.215. The van der Waals surface area contributed by atoms with Crippen molar-refractivity contribution >= 4 is 5.97 Å². The molecule has 5 nitrogen and oxygen atoms in total. The van der Waals surface area contributed by atoms with Crippen LogP contribution in [0.25, 0.3) is 0 Å². The molecule has 1 aliphatic heterocycles. The molecule has 0 atom stereocenters. The highest BCUT2D eigenvalue weighted by Crippen LogP contribution is 2.24. The van der Waals surface area contributed by atoms with Crippen molar-refractivity contribution in [2.75, 3.05) is 26.2 Å². The summed E-state index contributed by atoms with van der Waals surface area (Å²) in [5, 5.41) is 8.57. The predicted octanol–water partition coefficient (Wildman–Crippen LogP) is 0.800. The van der Waals surface area contributed by atoms with Crippen LogP contribution in [0, 0.1) is 0 Å². The second-order valence-electron chi connectivity index (χ2n) is 4.95. The lowest BCUT2D eigenvalue weighted by atomic mass is 9.96. The Morgan fingerprint density at radius 3 is 3.00 bits per heavy atom. The molecule has 0 aliphatic carbocycles. The highest BCUT2D eigenvalue weighted by Gasteiger charge is 2.39. The summed E-state index contributed by atoms with van der Waals surface area (Å²) in [6.45, 7) is 4.28. The van der Waals surface area contributed by atoms with Crippen LogP contribution in [0.2, 0.25) is 0 Å². The largest absolute Gasteiger partial charge is 0.480 e. The van der Waals surface area contributed by atoms with Gasteiger partial charge in [0.05, 0.1) is 5.60 Å². The number of likely N-dealkylation sites (tertiary alicyclic amines) is 1. The zero-order chi connectivity index (χ0) is 13.0. The van der Waals surface area contributed by atoms with Crippen molar-refractivity contribution in [2.24, 2.45) is 0 Å². The summed E-state index contributed by atoms with van der Waals surface area (Å²) in [5.74, 6) is -0.912. The number of rotatable bonds is 6. The third-order valence-corrected chi connectivity index (χ3v) is 3.10. The molecule has 1 aliphatic rings. The van der Waals surface area contributed by atoms with Crippen LogP contribution in [0.4, 0.5) is 0 Å². The number of aliphatic carboxylic acids is 1. The van der Waals surface area contributed by atoms with Gasteiger partial charge in [-0.2, -0.15) is 0 Å². The minimum Gasteiger partial charge on any atom is -0.480 e. The average Bonchev–Trinajstić information content (AvgIpc) is 2.32. The fourth-order valence-electron chi connectivity index (χ4n) is 2.22. The molecule has 0 radical (unpaired) electrons. The lowest BCUT2D eigenvalue weighted by Crippen LogP contribution is -2.62. The van der Waals surface area contributed by atoms with E-state index in [4.69, 9.17) is 9.84 Å². The predicted molar refractivity (Wildman–Crippen MR) is 66.4 cm³/mol. The van der Waals surface area contributed by atoms with Crippen molar-refractivity contribution in [2.45, 2.75) is 18.9 Å². The lowest BCUT2D eigenvalue weighted by molar-refractivity contribution is -0.164. The van der Waals surface area contributed by atoms with Crippen molar-refractivity contribution in [3.05, 3.63) is 30.1 Å². The summed E-state index contributed by atoms with van der Waals surface area (Å²) >= 11 is 0. The number of hydrogen-bond donors (Lipinski definition) is 1. The summed E-state index contributed by atoms with van der Waals surface area (Å²) < 4.78 is 5.36. The standard InChI is InChI=1S/C13H18N2O3/c1-13(18-8-12(16)17)9-15(10-13)6-4-11-3-2-5-14-7-11/h2-3,5,7H,4,6,8-10H2,1H3,(H,16,17). The van der Waals surface area contributed by atoms with Gasteiger partial charge in [-0.15, -0.1) is 0 Å². The second-order valence-corrected chi connectivity index (χ2v) is 4.95. The molecule has 1 fully saturated rings. The van der Waals surface area contributed by atoms with Crippen molar-refractivity contribution in [3.63, 3.8) is 0 Å². The molecular weight excluding hydrogens is 232 g/mol. The van der Waals surface area contributed by atoms with Gasteiger partial charge in [-0.1, -0.05) is 6.07 Å². The molecule has 0 unspecified atom stereocenters. The molecule has 2 heterocycles. The topological polar surface area (TPSA) is 62.7 Å². The van der Waals surface area contributed by atoms with Crippen LogP contribution in [0.5, 0.6) is 0 Å². The molecule has 1 aromatic rings. The van der Waals surface area contributed by atoms with Gasteiger partial charge in [-0.25, -0.2) is 4.79 Å². The van der Waals surface area contributed by atoms with Gasteiger partial charge in [0.25, 0.3) is 0 Å². The SMILES string of the molecule is CC1(OCC(=O)O)CN(CCc2cccnc2)C1. The Labute approximate surface area is 106 Å². The van der Waals surface area contributed by atoms with Gasteiger partial charge in [-0.3, -0.25) is 9.88 Å². The molecule has 98 valence electrons. The molecule has 1 aromatic heterocycles. The van der Waals surface area contributed by atoms with Gasteiger partial charge in [0, 0.05) is 32.0 Å². The highest BCUT2D eigenvalue weighted by atomic mass is 16.5. The van der Waals surface area contributed by atoms with Gasteiger partial charge in [0.1, 0.15) is 6.61 Å². The first-order valence-electron chi connectivity index (χ1n) is 6.04. The lowest BCUT2D eigenvalue weighted by Gasteiger charge is -2.47. The quantitative estimate of drug-likeness (QED) is 0.809. The van der Waals surface area contributed by atoms with E-state index < -0.39 is 5.97 Å². The number of carboxylic acid groups (broad SMARTS) is 1. The third kappa shape index (κ3) is 3.51. The van der Waals surface area contributed by atoms with E-state index in [1.807, 2.05) is 19.2 Å². The van der Waals surface area contributed by atoms with Crippen LogP contribution in [0.15, 0.2) is 24.5 Å². The summed E-state index contributed by atoms with van der Waals surface area (Å²) in [4.78, 5) is 16.8. The smallest absolute Gasteiger partial charge is 0.329 e. The first kappa shape index (κ1) is 13.0. The second kappa shape index (κ2) is 5.46. The fraction of sp³-hybridized carbons (Fsp3) is 0.538. The van der Waals surface area contributed by atoms with Crippen LogP contribution in [-0.4, -0.2) is 52.8 Å². The zero-order valence-corrected chi connectivity index (χ0v) is 10.5. The van der Waals surface area contributed by atoms with E-state index >= 15 is 0 Å². The number of ether oxygens (including phenoxy) is 1. The zero-order valence-electron chi connectivity index (χ0n) is 10.5. The van der Waals surface area contributed by atoms with E-state index in [1.165, 1.54) is 5.56 Å². The molecule has 0 amide bonds. The normalized spacial score (nSPS) is 18.3. The van der Waals surface area contributed by atoms with E-state index in [0.29, 0.717) is 0 Å². The maximum atomic E-state index is 10.4. The van der Waals surface area contributed by atoms with E-state index in [1.54, 1.807) is 6.20 Å². The van der Waals surface area contributed by atoms with E-state index in [2.05, 4.69) is 16.0 Å². The monoisotopic (exact) mass is 250 g/mol. The Hall–Kier alpha value is -1.46. The molecule has 0 spiro atoms. The van der Waals surface area contributed by atoms with Gasteiger partial charge in [0.15, 0.2) is 0 Å². The van der Waals surface area contributed by atoms with E-state index in [-0.39, 0.29) is 12.2 Å². The average molecular weight is 250 g/mol. The van der Waals surface area contributed by atoms with Gasteiger partial charge in [0.2, 0.25) is 0 Å². The van der Waals surface area contributed by atoms with Crippen LogP contribution in [0.3, 0.4) is 0 Å². The fourth-order valence-corrected chi connectivity index (χ4v) is 2.22. The number of nitrogens with zero attached hydrogens (tertiary/aromatic N) is 2. The molecule has 2 rings (SSSR count). The van der Waals surface area contributed by atoms with Crippen molar-refractivity contribution in [3.8, 4) is 0 Å². The summed E-state index contributed by atoms with van der Waals surface area (Å²) in [7, 11) is 0. The summed E-state index contributed by atoms with van der Waals surface area (Å²) in [6.07, 6.45) is 4.60. The molecule has 0 aromatic carbocycles. The Morgan fingerprint density at radius 1 is 1.61 bits per heavy atom. The third-order valence-electron chi connectivity index (χ3n) is 3.10. The van der Waals surface area contributed by atoms with E-state index in [9.17, 15) is 4.79 Å². The number of carbonyl (C=O) groups is 1. The van der Waals surface area contributed by atoms with Crippen LogP contribution in [0.1, 0.15) is 12.5 Å². The van der Waals surface area contributed by atoms with Crippen LogP contribution >= 0.6 is 0 Å². The molecule has 5 heteroatoms. The maximum absolute atomic E-state index is 10.4. The Balaban J connectivity index is 1.68. The molecule has 18 heavy (non-hydrogen) atoms. The van der Waals surface area contributed by atoms with E-state index in [0.717, 1.165) is 26.1 Å². The van der Waals surface area contributed by atoms with Gasteiger partial charge < -0.3 is 9.84 Å². The molecule has 0 saturated carbocycles. The minimum atomic E-state index is -0.912. The number of aromatic nitrogens is 1. The molecule has 1 saturated heterocycles. The van der Waals surface area contributed by atoms with Gasteiger partial charge >= 0.3 is 5.97 Å². The van der Waals surface area contributed by atoms with Crippen LogP contribution < -0.4 is 0 Å². The van der Waals surface area contributed by atoms with Crippen LogP contribution in [-0.2, 0) is 16.0 Å².